The molecule has 2 amide bonds. The summed E-state index contributed by atoms with van der Waals surface area (Å²) in [5.74, 6) is -1.83. The highest BCUT2D eigenvalue weighted by atomic mass is 35.5. The van der Waals surface area contributed by atoms with Gasteiger partial charge in [0, 0.05) is 11.1 Å². The number of hydrogen-bond acceptors (Lipinski definition) is 5. The number of benzene rings is 3. The van der Waals surface area contributed by atoms with E-state index in [0.29, 0.717) is 0 Å². The average Bonchev–Trinajstić information content (AvgIpc) is 2.78. The summed E-state index contributed by atoms with van der Waals surface area (Å²) in [4.78, 5) is 24.4. The summed E-state index contributed by atoms with van der Waals surface area (Å²) in [7, 11) is -4.06. The minimum absolute atomic E-state index is 0.0475. The van der Waals surface area contributed by atoms with E-state index in [-0.39, 0.29) is 32.5 Å². The molecule has 0 bridgehead atoms. The molecule has 0 saturated heterocycles. The smallest absolute Gasteiger partial charge is 0.387 e. The molecule has 3 aromatic carbocycles. The molecule has 3 rings (SSSR count). The molecule has 172 valence electrons. The maximum Gasteiger partial charge on any atom is 0.387 e. The Labute approximate surface area is 192 Å². The number of carbonyl (C=O) groups is 2. The molecule has 0 atom stereocenters. The molecular weight excluding hydrogens is 480 g/mol. The fourth-order valence-corrected chi connectivity index (χ4v) is 3.99. The van der Waals surface area contributed by atoms with E-state index < -0.39 is 28.4 Å². The zero-order valence-corrected chi connectivity index (χ0v) is 18.2. The van der Waals surface area contributed by atoms with Gasteiger partial charge < -0.3 is 4.74 Å². The monoisotopic (exact) mass is 495 g/mol. The van der Waals surface area contributed by atoms with Gasteiger partial charge in [0.1, 0.15) is 5.75 Å². The fraction of sp³-hybridized carbons (Fsp3) is 0.0476. The summed E-state index contributed by atoms with van der Waals surface area (Å²) < 4.78 is 56.5. The Hall–Kier alpha value is -3.70. The minimum Gasteiger partial charge on any atom is -0.435 e. The topological polar surface area (TPSA) is 114 Å². The first kappa shape index (κ1) is 24.0. The van der Waals surface area contributed by atoms with Crippen molar-refractivity contribution >= 4 is 39.1 Å². The second-order valence-corrected chi connectivity index (χ2v) is 8.52. The van der Waals surface area contributed by atoms with Crippen molar-refractivity contribution in [2.24, 2.45) is 0 Å². The molecule has 0 unspecified atom stereocenters. The largest absolute Gasteiger partial charge is 0.435 e. The Kier molecular flexibility index (Phi) is 7.46. The van der Waals surface area contributed by atoms with Crippen molar-refractivity contribution in [2.45, 2.75) is 11.5 Å². The lowest BCUT2D eigenvalue weighted by Crippen LogP contribution is -2.41. The molecule has 0 aliphatic rings. The summed E-state index contributed by atoms with van der Waals surface area (Å²) in [5.41, 5.74) is 4.31. The SMILES string of the molecule is O=C(NNC(=O)c1cccc(S(=O)(=O)Nc2ccccc2Cl)c1)c1cccc(OC(F)F)c1. The van der Waals surface area contributed by atoms with Crippen LogP contribution >= 0.6 is 11.6 Å². The maximum atomic E-state index is 12.7. The van der Waals surface area contributed by atoms with Gasteiger partial charge in [-0.15, -0.1) is 0 Å². The van der Waals surface area contributed by atoms with Gasteiger partial charge >= 0.3 is 6.61 Å². The first-order valence-corrected chi connectivity index (χ1v) is 11.0. The van der Waals surface area contributed by atoms with Crippen LogP contribution in [0.5, 0.6) is 5.75 Å². The molecule has 0 aliphatic heterocycles. The van der Waals surface area contributed by atoms with Crippen LogP contribution in [0.2, 0.25) is 5.02 Å². The zero-order chi connectivity index (χ0) is 24.0. The highest BCUT2D eigenvalue weighted by molar-refractivity contribution is 7.92. The highest BCUT2D eigenvalue weighted by Gasteiger charge is 2.18. The summed E-state index contributed by atoms with van der Waals surface area (Å²) in [6.07, 6.45) is 0. The van der Waals surface area contributed by atoms with Crippen molar-refractivity contribution in [1.82, 2.24) is 10.9 Å². The summed E-state index contributed by atoms with van der Waals surface area (Å²) in [6, 6.07) is 16.3. The second kappa shape index (κ2) is 10.3. The van der Waals surface area contributed by atoms with Crippen LogP contribution in [0.25, 0.3) is 0 Å². The van der Waals surface area contributed by atoms with Gasteiger partial charge in [-0.1, -0.05) is 35.9 Å². The molecule has 3 aromatic rings. The van der Waals surface area contributed by atoms with Crippen LogP contribution in [0.1, 0.15) is 20.7 Å². The number of para-hydroxylation sites is 1. The number of nitrogens with one attached hydrogen (secondary N) is 3. The summed E-state index contributed by atoms with van der Waals surface area (Å²) in [6.45, 7) is -3.06. The number of alkyl halides is 2. The van der Waals surface area contributed by atoms with E-state index in [1.165, 1.54) is 48.5 Å². The van der Waals surface area contributed by atoms with Crippen molar-refractivity contribution in [2.75, 3.05) is 4.72 Å². The Balaban J connectivity index is 1.68. The van der Waals surface area contributed by atoms with Gasteiger partial charge in [0.2, 0.25) is 0 Å². The predicted molar refractivity (Wildman–Crippen MR) is 117 cm³/mol. The second-order valence-electron chi connectivity index (χ2n) is 6.43. The molecule has 0 radical (unpaired) electrons. The number of carbonyl (C=O) groups excluding carboxylic acids is 2. The molecule has 33 heavy (non-hydrogen) atoms. The number of rotatable bonds is 7. The quantitative estimate of drug-likeness (QED) is 0.431. The van der Waals surface area contributed by atoms with Gasteiger partial charge in [-0.3, -0.25) is 25.2 Å². The van der Waals surface area contributed by atoms with Gasteiger partial charge in [0.05, 0.1) is 15.6 Å². The van der Waals surface area contributed by atoms with E-state index in [2.05, 4.69) is 20.3 Å². The van der Waals surface area contributed by atoms with Crippen molar-refractivity contribution in [3.05, 3.63) is 88.9 Å². The minimum atomic E-state index is -4.06. The molecule has 8 nitrogen and oxygen atoms in total. The third-order valence-corrected chi connectivity index (χ3v) is 5.83. The Morgan fingerprint density at radius 1 is 0.848 bits per heavy atom. The molecule has 3 N–H and O–H groups in total. The summed E-state index contributed by atoms with van der Waals surface area (Å²) in [5, 5.41) is 0.195. The van der Waals surface area contributed by atoms with Crippen LogP contribution in [0.15, 0.2) is 77.7 Å². The van der Waals surface area contributed by atoms with Crippen LogP contribution < -0.4 is 20.3 Å². The fourth-order valence-electron chi connectivity index (χ4n) is 2.62. The number of hydrazine groups is 1. The maximum absolute atomic E-state index is 12.7. The predicted octanol–water partition coefficient (Wildman–Crippen LogP) is 3.82. The third-order valence-electron chi connectivity index (χ3n) is 4.14. The molecule has 0 saturated carbocycles. The van der Waals surface area contributed by atoms with E-state index in [1.54, 1.807) is 12.1 Å². The average molecular weight is 496 g/mol. The van der Waals surface area contributed by atoms with Gasteiger partial charge in [-0.25, -0.2) is 8.42 Å². The van der Waals surface area contributed by atoms with Crippen molar-refractivity contribution < 1.29 is 31.5 Å². The number of sulfonamides is 1. The van der Waals surface area contributed by atoms with Gasteiger partial charge in [-0.05, 0) is 48.5 Å². The van der Waals surface area contributed by atoms with E-state index in [1.807, 2.05) is 0 Å². The van der Waals surface area contributed by atoms with Crippen molar-refractivity contribution in [3.8, 4) is 5.75 Å². The van der Waals surface area contributed by atoms with Crippen molar-refractivity contribution in [1.29, 1.82) is 0 Å². The number of amides is 2. The van der Waals surface area contributed by atoms with E-state index in [0.717, 1.165) is 12.1 Å². The Morgan fingerprint density at radius 2 is 1.45 bits per heavy atom. The third kappa shape index (κ3) is 6.40. The van der Waals surface area contributed by atoms with Gasteiger partial charge in [0.15, 0.2) is 0 Å². The number of halogens is 3. The normalized spacial score (nSPS) is 11.0. The summed E-state index contributed by atoms with van der Waals surface area (Å²) >= 11 is 5.98. The lowest BCUT2D eigenvalue weighted by molar-refractivity contribution is -0.0498. The molecule has 0 heterocycles. The Morgan fingerprint density at radius 3 is 2.09 bits per heavy atom. The standard InChI is InChI=1S/C21H16ClF2N3O5S/c22-17-9-1-2-10-18(17)27-33(30,31)16-8-4-6-14(12-16)20(29)26-25-19(28)13-5-3-7-15(11-13)32-21(23)24/h1-12,21,27H,(H,25,28)(H,26,29). The van der Waals surface area contributed by atoms with E-state index in [4.69, 9.17) is 11.6 Å². The van der Waals surface area contributed by atoms with Gasteiger partial charge in [-0.2, -0.15) is 8.78 Å². The van der Waals surface area contributed by atoms with Crippen molar-refractivity contribution in [3.63, 3.8) is 0 Å². The number of anilines is 1. The zero-order valence-electron chi connectivity index (χ0n) is 16.6. The highest BCUT2D eigenvalue weighted by Crippen LogP contribution is 2.24. The van der Waals surface area contributed by atoms with Crippen LogP contribution in [-0.4, -0.2) is 26.8 Å². The number of ether oxygens (including phenoxy) is 1. The molecule has 0 aliphatic carbocycles. The van der Waals surface area contributed by atoms with Crippen LogP contribution in [0.3, 0.4) is 0 Å². The molecule has 12 heteroatoms. The van der Waals surface area contributed by atoms with Crippen LogP contribution in [0.4, 0.5) is 14.5 Å². The first-order chi connectivity index (χ1) is 15.7. The van der Waals surface area contributed by atoms with E-state index >= 15 is 0 Å². The lowest BCUT2D eigenvalue weighted by atomic mass is 10.2. The van der Waals surface area contributed by atoms with E-state index in [9.17, 15) is 26.8 Å². The molecule has 0 fully saturated rings. The molecule has 0 aromatic heterocycles. The van der Waals surface area contributed by atoms with Crippen LogP contribution in [-0.2, 0) is 10.0 Å². The molecule has 0 spiro atoms. The first-order valence-electron chi connectivity index (χ1n) is 9.19. The van der Waals surface area contributed by atoms with Crippen LogP contribution in [0, 0.1) is 0 Å². The molecular formula is C21H16ClF2N3O5S. The van der Waals surface area contributed by atoms with Gasteiger partial charge in [0.25, 0.3) is 21.8 Å². The number of hydrogen-bond donors (Lipinski definition) is 3. The Bertz CT molecular complexity index is 1290. The lowest BCUT2D eigenvalue weighted by Gasteiger charge is -2.11.